The van der Waals surface area contributed by atoms with Crippen LogP contribution in [0.4, 0.5) is 8.78 Å². The van der Waals surface area contributed by atoms with E-state index in [-0.39, 0.29) is 49.9 Å². The Bertz CT molecular complexity index is 2260. The number of nitrogens with one attached hydrogen (secondary N) is 3. The number of carbonyl (C=O) groups excluding carboxylic acids is 7. The number of nitrogens with zero attached hydrogens (tertiary/aromatic N) is 2. The normalized spacial score (nSPS) is 13.6. The fourth-order valence-corrected chi connectivity index (χ4v) is 7.21. The van der Waals surface area contributed by atoms with Crippen LogP contribution in [-0.4, -0.2) is 109 Å². The molecule has 358 valence electrons. The average molecular weight is 925 g/mol. The molecule has 0 fully saturated rings. The lowest BCUT2D eigenvalue weighted by Gasteiger charge is -2.41. The average Bonchev–Trinajstić information content (AvgIpc) is 3.64. The van der Waals surface area contributed by atoms with Gasteiger partial charge in [0.1, 0.15) is 36.1 Å². The molecule has 2 aromatic carbocycles. The molecule has 66 heavy (non-hydrogen) atoms. The Balaban J connectivity index is 1.82. The Labute approximate surface area is 380 Å². The SMILES string of the molecule is C[C@H](CC(=O)[C@H](C)NC(=O)CCC(=O)CCC(=O)O)C(=O)N[C@@H](CC(N)=O)C(=O)N[C@@H](CCN(C(=O)CO)[C@@H](c1cc(-c2cc(F)ccc2F)cn1Cc1ccccc1)C(C)(C)C)C(=O)O. The number of aromatic nitrogens is 1. The Kier molecular flexibility index (Phi) is 19.8. The van der Waals surface area contributed by atoms with Crippen LogP contribution in [0, 0.1) is 23.0 Å². The number of Topliss-reactive ketones (excluding diaryl/α,β-unsaturated/α-hetero) is 2. The summed E-state index contributed by atoms with van der Waals surface area (Å²) in [5, 5.41) is 36.2. The van der Waals surface area contributed by atoms with Gasteiger partial charge in [0.2, 0.25) is 29.5 Å². The predicted octanol–water partition coefficient (Wildman–Crippen LogP) is 3.02. The molecule has 0 saturated heterocycles. The van der Waals surface area contributed by atoms with Crippen LogP contribution in [0.25, 0.3) is 11.1 Å². The van der Waals surface area contributed by atoms with Gasteiger partial charge in [0.25, 0.3) is 0 Å². The highest BCUT2D eigenvalue weighted by Gasteiger charge is 2.38. The summed E-state index contributed by atoms with van der Waals surface area (Å²) in [5.74, 6) is -10.9. The van der Waals surface area contributed by atoms with Crippen LogP contribution in [0.2, 0.25) is 0 Å². The molecule has 5 atom stereocenters. The van der Waals surface area contributed by atoms with Crippen molar-refractivity contribution in [2.75, 3.05) is 13.2 Å². The van der Waals surface area contributed by atoms with Crippen molar-refractivity contribution in [2.24, 2.45) is 17.1 Å². The molecule has 0 aliphatic carbocycles. The number of carbonyl (C=O) groups is 9. The number of ketones is 2. The lowest BCUT2D eigenvalue weighted by atomic mass is 9.82. The van der Waals surface area contributed by atoms with Gasteiger partial charge in [-0.1, -0.05) is 58.0 Å². The van der Waals surface area contributed by atoms with Gasteiger partial charge in [0.15, 0.2) is 5.78 Å². The van der Waals surface area contributed by atoms with Crippen LogP contribution in [-0.2, 0) is 49.7 Å². The van der Waals surface area contributed by atoms with Gasteiger partial charge < -0.3 is 46.5 Å². The van der Waals surface area contributed by atoms with Crippen molar-refractivity contribution in [3.8, 4) is 11.1 Å². The number of primary amides is 1. The highest BCUT2D eigenvalue weighted by Crippen LogP contribution is 2.41. The van der Waals surface area contributed by atoms with E-state index in [1.54, 1.807) is 37.6 Å². The zero-order valence-electron chi connectivity index (χ0n) is 37.5. The van der Waals surface area contributed by atoms with E-state index in [0.29, 0.717) is 5.69 Å². The number of amides is 5. The third-order valence-corrected chi connectivity index (χ3v) is 10.6. The van der Waals surface area contributed by atoms with Crippen LogP contribution in [0.15, 0.2) is 60.8 Å². The van der Waals surface area contributed by atoms with E-state index >= 15 is 4.39 Å². The largest absolute Gasteiger partial charge is 0.481 e. The van der Waals surface area contributed by atoms with Crippen LogP contribution >= 0.6 is 0 Å². The molecule has 0 radical (unpaired) electrons. The Morgan fingerprint density at radius 2 is 1.44 bits per heavy atom. The summed E-state index contributed by atoms with van der Waals surface area (Å²) >= 11 is 0. The molecule has 0 saturated carbocycles. The van der Waals surface area contributed by atoms with E-state index in [2.05, 4.69) is 16.0 Å². The highest BCUT2D eigenvalue weighted by atomic mass is 19.1. The van der Waals surface area contributed by atoms with Crippen molar-refractivity contribution in [1.29, 1.82) is 0 Å². The van der Waals surface area contributed by atoms with E-state index in [1.807, 2.05) is 30.3 Å². The molecule has 0 aliphatic heterocycles. The number of carboxylic acids is 2. The van der Waals surface area contributed by atoms with Gasteiger partial charge in [0.05, 0.1) is 24.9 Å². The quantitative estimate of drug-likeness (QED) is 0.0612. The fourth-order valence-electron chi connectivity index (χ4n) is 7.21. The lowest BCUT2D eigenvalue weighted by Crippen LogP contribution is -2.54. The number of benzene rings is 2. The van der Waals surface area contributed by atoms with Gasteiger partial charge in [-0.15, -0.1) is 0 Å². The number of carboxylic acid groups (broad SMARTS) is 2. The lowest BCUT2D eigenvalue weighted by molar-refractivity contribution is -0.145. The zero-order valence-corrected chi connectivity index (χ0v) is 37.5. The van der Waals surface area contributed by atoms with Crippen LogP contribution in [0.3, 0.4) is 0 Å². The molecule has 0 bridgehead atoms. The van der Waals surface area contributed by atoms with Gasteiger partial charge in [-0.2, -0.15) is 0 Å². The number of aliphatic hydroxyl groups excluding tert-OH is 1. The smallest absolute Gasteiger partial charge is 0.326 e. The summed E-state index contributed by atoms with van der Waals surface area (Å²) in [6, 6.07) is 8.20. The van der Waals surface area contributed by atoms with E-state index in [4.69, 9.17) is 10.8 Å². The molecule has 0 unspecified atom stereocenters. The predicted molar refractivity (Wildman–Crippen MR) is 234 cm³/mol. The summed E-state index contributed by atoms with van der Waals surface area (Å²) in [7, 11) is 0. The number of hydrogen-bond donors (Lipinski definition) is 7. The van der Waals surface area contributed by atoms with Gasteiger partial charge in [-0.05, 0) is 48.6 Å². The number of aliphatic hydroxyl groups is 1. The molecule has 18 nitrogen and oxygen atoms in total. The second-order valence-electron chi connectivity index (χ2n) is 17.1. The minimum atomic E-state index is -1.75. The number of nitrogens with two attached hydrogens (primary N) is 1. The maximum absolute atomic E-state index is 15.2. The minimum Gasteiger partial charge on any atom is -0.481 e. The first-order valence-corrected chi connectivity index (χ1v) is 21.2. The minimum absolute atomic E-state index is 0.0552. The molecule has 0 aliphatic rings. The van der Waals surface area contributed by atoms with Gasteiger partial charge in [-0.3, -0.25) is 38.4 Å². The zero-order chi connectivity index (χ0) is 49.5. The van der Waals surface area contributed by atoms with Crippen molar-refractivity contribution in [2.45, 2.75) is 110 Å². The maximum atomic E-state index is 15.2. The Hall–Kier alpha value is -6.83. The summed E-state index contributed by atoms with van der Waals surface area (Å²) in [6.45, 7) is 6.86. The molecule has 3 aromatic rings. The van der Waals surface area contributed by atoms with Crippen molar-refractivity contribution in [3.05, 3.63) is 83.7 Å². The first-order valence-electron chi connectivity index (χ1n) is 21.2. The van der Waals surface area contributed by atoms with Crippen LogP contribution in [0.5, 0.6) is 0 Å². The fraction of sp³-hybridized carbons (Fsp3) is 0.457. The monoisotopic (exact) mass is 924 g/mol. The molecular weight excluding hydrogens is 867 g/mol. The number of hydrogen-bond acceptors (Lipinski definition) is 10. The van der Waals surface area contributed by atoms with Gasteiger partial charge in [0, 0.05) is 67.7 Å². The van der Waals surface area contributed by atoms with Crippen LogP contribution < -0.4 is 21.7 Å². The second-order valence-corrected chi connectivity index (χ2v) is 17.1. The van der Waals surface area contributed by atoms with E-state index < -0.39 is 126 Å². The first kappa shape index (κ1) is 53.5. The Morgan fingerprint density at radius 3 is 2.03 bits per heavy atom. The maximum Gasteiger partial charge on any atom is 0.326 e. The Morgan fingerprint density at radius 1 is 0.803 bits per heavy atom. The molecule has 8 N–H and O–H groups in total. The summed E-state index contributed by atoms with van der Waals surface area (Å²) in [6.07, 6.45) is -1.28. The molecule has 1 heterocycles. The molecule has 20 heteroatoms. The molecular formula is C46H58F2N6O12. The topological polar surface area (TPSA) is 285 Å². The third kappa shape index (κ3) is 16.3. The number of halogens is 2. The standard InChI is InChI=1S/C46H58F2N6O12/c1-26(19-37(57)27(2)50-39(59)15-12-31(56)13-16-41(61)62)43(63)52-35(22-38(49)58)44(64)51-34(45(65)66)17-18-54(40(60)25-55)42(46(3,4)5)36-20-29(32-21-30(47)11-14-33(32)48)24-53(36)23-28-9-7-6-8-10-28/h6-11,14,20-21,24,26-27,34-35,42,55H,12-13,15-19,22-23,25H2,1-5H3,(H2,49,58)(H,50,59)(H,51,64)(H,52,63)(H,61,62)(H,65,66)/t26-,27+,34+,35+,42+/m1/s1. The highest BCUT2D eigenvalue weighted by molar-refractivity contribution is 5.96. The van der Waals surface area contributed by atoms with Crippen molar-refractivity contribution >= 4 is 53.0 Å². The van der Waals surface area contributed by atoms with E-state index in [0.717, 1.165) is 23.8 Å². The molecule has 5 amide bonds. The van der Waals surface area contributed by atoms with Crippen molar-refractivity contribution < 1.29 is 67.3 Å². The number of aliphatic carboxylic acids is 2. The van der Waals surface area contributed by atoms with Crippen molar-refractivity contribution in [1.82, 2.24) is 25.4 Å². The first-order chi connectivity index (χ1) is 30.9. The molecule has 3 rings (SSSR count). The summed E-state index contributed by atoms with van der Waals surface area (Å²) in [5.41, 5.74) is 5.98. The van der Waals surface area contributed by atoms with E-state index in [9.17, 15) is 57.8 Å². The molecule has 1 aromatic heterocycles. The summed E-state index contributed by atoms with van der Waals surface area (Å²) in [4.78, 5) is 114. The summed E-state index contributed by atoms with van der Waals surface area (Å²) < 4.78 is 31.3. The van der Waals surface area contributed by atoms with Gasteiger partial charge >= 0.3 is 11.9 Å². The second kappa shape index (κ2) is 24.5. The molecule has 0 spiro atoms. The third-order valence-electron chi connectivity index (χ3n) is 10.6. The van der Waals surface area contributed by atoms with Crippen molar-refractivity contribution in [3.63, 3.8) is 0 Å². The van der Waals surface area contributed by atoms with Gasteiger partial charge in [-0.25, -0.2) is 13.6 Å². The van der Waals surface area contributed by atoms with Crippen LogP contribution in [0.1, 0.15) is 96.9 Å². The van der Waals surface area contributed by atoms with E-state index in [1.165, 1.54) is 18.7 Å². The number of rotatable bonds is 26.